The van der Waals surface area contributed by atoms with Gasteiger partial charge in [0.25, 0.3) is 5.91 Å². The molecule has 2 heterocycles. The summed E-state index contributed by atoms with van der Waals surface area (Å²) in [5.41, 5.74) is 1.39. The van der Waals surface area contributed by atoms with Gasteiger partial charge in [0.15, 0.2) is 5.82 Å². The Morgan fingerprint density at radius 3 is 2.75 bits per heavy atom. The van der Waals surface area contributed by atoms with Crippen molar-refractivity contribution in [3.05, 3.63) is 22.1 Å². The van der Waals surface area contributed by atoms with Crippen LogP contribution in [0, 0.1) is 11.8 Å². The number of nitrogens with one attached hydrogen (secondary N) is 2. The highest BCUT2D eigenvalue weighted by Gasteiger charge is 2.35. The minimum Gasteiger partial charge on any atom is -0.386 e. The highest BCUT2D eigenvalue weighted by Crippen LogP contribution is 2.40. The molecule has 3 aliphatic rings. The molecule has 9 nitrogen and oxygen atoms in total. The maximum Gasteiger partial charge on any atom is 0.574 e. The van der Waals surface area contributed by atoms with Crippen molar-refractivity contribution in [1.29, 1.82) is 0 Å². The van der Waals surface area contributed by atoms with Crippen LogP contribution >= 0.6 is 11.3 Å². The third-order valence-electron chi connectivity index (χ3n) is 6.35. The first-order chi connectivity index (χ1) is 17.2. The number of anilines is 1. The van der Waals surface area contributed by atoms with Gasteiger partial charge in [-0.25, -0.2) is 9.67 Å². The average molecular weight is 523 g/mol. The third kappa shape index (κ3) is 5.96. The van der Waals surface area contributed by atoms with E-state index in [2.05, 4.69) is 36.5 Å². The van der Waals surface area contributed by atoms with Gasteiger partial charge in [-0.2, -0.15) is 4.99 Å². The van der Waals surface area contributed by atoms with E-state index in [1.54, 1.807) is 0 Å². The number of thiophene rings is 1. The van der Waals surface area contributed by atoms with Gasteiger partial charge in [-0.1, -0.05) is 0 Å². The molecule has 0 bridgehead atoms. The SMILES string of the molecule is Cn1nc(OC(F)(F)F)cc1N=C=N[C@H]1CCc2sc(NC(=O)C3CC3)c(C(=O)NCC3CC3)c2C1. The van der Waals surface area contributed by atoms with Crippen LogP contribution in [0.2, 0.25) is 0 Å². The van der Waals surface area contributed by atoms with E-state index in [0.29, 0.717) is 42.3 Å². The number of rotatable bonds is 8. The fourth-order valence-electron chi connectivity index (χ4n) is 4.08. The van der Waals surface area contributed by atoms with Crippen LogP contribution < -0.4 is 15.4 Å². The van der Waals surface area contributed by atoms with Gasteiger partial charge in [0, 0.05) is 30.5 Å². The number of aliphatic imine (C=N–C) groups is 2. The molecule has 5 rings (SSSR count). The van der Waals surface area contributed by atoms with E-state index in [1.807, 2.05) is 0 Å². The van der Waals surface area contributed by atoms with Crippen LogP contribution in [0.5, 0.6) is 5.88 Å². The quantitative estimate of drug-likeness (QED) is 0.506. The maximum atomic E-state index is 13.1. The normalized spacial score (nSPS) is 19.2. The first kappa shape index (κ1) is 24.5. The van der Waals surface area contributed by atoms with E-state index in [0.717, 1.165) is 46.9 Å². The van der Waals surface area contributed by atoms with E-state index < -0.39 is 12.2 Å². The molecule has 0 aromatic carbocycles. The molecule has 2 saturated carbocycles. The fourth-order valence-corrected chi connectivity index (χ4v) is 5.32. The average Bonchev–Trinajstić information content (AvgIpc) is 3.72. The minimum atomic E-state index is -4.84. The fraction of sp³-hybridized carbons (Fsp3) is 0.565. The van der Waals surface area contributed by atoms with Crippen LogP contribution in [-0.4, -0.2) is 46.6 Å². The second kappa shape index (κ2) is 9.70. The van der Waals surface area contributed by atoms with Crippen LogP contribution in [-0.2, 0) is 24.7 Å². The predicted molar refractivity (Wildman–Crippen MR) is 126 cm³/mol. The van der Waals surface area contributed by atoms with Gasteiger partial charge in [-0.3, -0.25) is 9.59 Å². The van der Waals surface area contributed by atoms with Gasteiger partial charge in [0.05, 0.1) is 17.6 Å². The lowest BCUT2D eigenvalue weighted by atomic mass is 9.91. The van der Waals surface area contributed by atoms with E-state index in [1.165, 1.54) is 18.4 Å². The number of amides is 2. The summed E-state index contributed by atoms with van der Waals surface area (Å²) in [6.07, 6.45) is 0.995. The molecule has 3 aliphatic carbocycles. The zero-order chi connectivity index (χ0) is 25.4. The van der Waals surface area contributed by atoms with E-state index in [4.69, 9.17) is 0 Å². The molecule has 2 aromatic rings. The number of carbonyl (C=O) groups is 2. The number of hydrogen-bond acceptors (Lipinski definition) is 7. The Morgan fingerprint density at radius 2 is 2.06 bits per heavy atom. The lowest BCUT2D eigenvalue weighted by Gasteiger charge is -2.18. The summed E-state index contributed by atoms with van der Waals surface area (Å²) in [7, 11) is 1.44. The largest absolute Gasteiger partial charge is 0.574 e. The van der Waals surface area contributed by atoms with Crippen molar-refractivity contribution >= 4 is 40.0 Å². The lowest BCUT2D eigenvalue weighted by molar-refractivity contribution is -0.276. The van der Waals surface area contributed by atoms with Crippen LogP contribution in [0.15, 0.2) is 16.1 Å². The highest BCUT2D eigenvalue weighted by molar-refractivity contribution is 7.17. The zero-order valence-corrected chi connectivity index (χ0v) is 20.3. The Kier molecular flexibility index (Phi) is 6.60. The Hall–Kier alpha value is -3.18. The molecule has 0 aliphatic heterocycles. The Balaban J connectivity index is 1.33. The number of carbonyl (C=O) groups excluding carboxylic acids is 2. The van der Waals surface area contributed by atoms with Crippen molar-refractivity contribution in [1.82, 2.24) is 15.1 Å². The Bertz CT molecular complexity index is 1240. The van der Waals surface area contributed by atoms with Gasteiger partial charge in [0.2, 0.25) is 11.8 Å². The van der Waals surface area contributed by atoms with Crippen molar-refractivity contribution in [2.75, 3.05) is 11.9 Å². The van der Waals surface area contributed by atoms with Crippen molar-refractivity contribution in [2.24, 2.45) is 28.9 Å². The topological polar surface area (TPSA) is 110 Å². The first-order valence-corrected chi connectivity index (χ1v) is 12.7. The number of ether oxygens (including phenoxy) is 1. The highest BCUT2D eigenvalue weighted by atomic mass is 32.1. The first-order valence-electron chi connectivity index (χ1n) is 11.8. The number of alkyl halides is 3. The Morgan fingerprint density at radius 1 is 1.28 bits per heavy atom. The van der Waals surface area contributed by atoms with Gasteiger partial charge < -0.3 is 15.4 Å². The van der Waals surface area contributed by atoms with Gasteiger partial charge in [-0.05, 0) is 56.4 Å². The monoisotopic (exact) mass is 522 g/mol. The summed E-state index contributed by atoms with van der Waals surface area (Å²) < 4.78 is 42.2. The molecule has 2 fully saturated rings. The maximum absolute atomic E-state index is 13.1. The number of halogens is 3. The summed E-state index contributed by atoms with van der Waals surface area (Å²) in [5.74, 6) is -0.193. The van der Waals surface area contributed by atoms with E-state index in [9.17, 15) is 22.8 Å². The molecule has 2 aromatic heterocycles. The van der Waals surface area contributed by atoms with Crippen LogP contribution in [0.4, 0.5) is 24.0 Å². The third-order valence-corrected chi connectivity index (χ3v) is 7.56. The van der Waals surface area contributed by atoms with E-state index in [-0.39, 0.29) is 29.6 Å². The summed E-state index contributed by atoms with van der Waals surface area (Å²) in [5, 5.41) is 10.2. The van der Waals surface area contributed by atoms with E-state index >= 15 is 0 Å². The molecule has 0 unspecified atom stereocenters. The smallest absolute Gasteiger partial charge is 0.386 e. The van der Waals surface area contributed by atoms with Gasteiger partial charge >= 0.3 is 6.36 Å². The number of nitrogens with zero attached hydrogens (tertiary/aromatic N) is 4. The summed E-state index contributed by atoms with van der Waals surface area (Å²) in [6, 6.07) is 3.40. The van der Waals surface area contributed by atoms with Gasteiger partial charge in [-0.15, -0.1) is 29.6 Å². The molecule has 2 N–H and O–H groups in total. The molecule has 0 spiro atoms. The van der Waals surface area contributed by atoms with Crippen molar-refractivity contribution in [3.8, 4) is 5.88 Å². The second-order valence-corrected chi connectivity index (χ2v) is 10.5. The van der Waals surface area contributed by atoms with Crippen molar-refractivity contribution < 1.29 is 27.5 Å². The molecular weight excluding hydrogens is 497 g/mol. The molecule has 36 heavy (non-hydrogen) atoms. The number of aryl methyl sites for hydroxylation is 2. The number of hydrogen-bond donors (Lipinski definition) is 2. The second-order valence-electron chi connectivity index (χ2n) is 9.37. The molecule has 2 amide bonds. The van der Waals surface area contributed by atoms with Crippen molar-refractivity contribution in [3.63, 3.8) is 0 Å². The molecule has 1 atom stereocenters. The lowest BCUT2D eigenvalue weighted by Crippen LogP contribution is -2.28. The molecule has 192 valence electrons. The zero-order valence-electron chi connectivity index (χ0n) is 19.5. The van der Waals surface area contributed by atoms with Gasteiger partial charge in [0.1, 0.15) is 5.00 Å². The summed E-state index contributed by atoms with van der Waals surface area (Å²) in [6.45, 7) is 0.623. The van der Waals surface area contributed by atoms with Crippen LogP contribution in [0.3, 0.4) is 0 Å². The summed E-state index contributed by atoms with van der Waals surface area (Å²) >= 11 is 1.45. The van der Waals surface area contributed by atoms with Crippen LogP contribution in [0.25, 0.3) is 0 Å². The minimum absolute atomic E-state index is 0.0223. The number of aromatic nitrogens is 2. The number of fused-ring (bicyclic) bond motifs is 1. The summed E-state index contributed by atoms with van der Waals surface area (Å²) in [4.78, 5) is 35.0. The standard InChI is InChI=1S/C23H25F3N6O3S/c1-32-17(9-18(31-32)35-23(24,25)26)29-11-28-14-6-7-16-15(8-14)19(21(34)27-10-12-2-3-12)22(36-16)30-20(33)13-4-5-13/h9,12-14H,2-8,10H2,1H3,(H,27,34)(H,30,33)/t14-/m0/s1. The molecule has 0 saturated heterocycles. The predicted octanol–water partition coefficient (Wildman–Crippen LogP) is 4.23. The molecule has 13 heteroatoms. The van der Waals surface area contributed by atoms with Crippen molar-refractivity contribution in [2.45, 2.75) is 57.3 Å². The van der Waals surface area contributed by atoms with Crippen LogP contribution in [0.1, 0.15) is 52.9 Å². The molecular formula is C23H25F3N6O3S. The molecule has 0 radical (unpaired) electrons. The Labute approximate surface area is 208 Å².